The summed E-state index contributed by atoms with van der Waals surface area (Å²) < 4.78 is 7.05. The summed E-state index contributed by atoms with van der Waals surface area (Å²) >= 11 is 1.70. The molecule has 0 saturated carbocycles. The number of hydrogen-bond donors (Lipinski definition) is 0. The van der Waals surface area contributed by atoms with Crippen molar-refractivity contribution in [1.82, 2.24) is 15.0 Å². The third kappa shape index (κ3) is 4.28. The standard InChI is InChI=1S/C19H19N3O2S/c1-14-18(19(23)24-13-16-6-4-3-5-7-16)20-21-22(14)12-15-8-10-17(25-2)11-9-15/h3-11H,12-13H2,1-2H3. The molecule has 0 aliphatic heterocycles. The molecule has 0 N–H and O–H groups in total. The van der Waals surface area contributed by atoms with Gasteiger partial charge in [-0.3, -0.25) is 0 Å². The molecule has 0 atom stereocenters. The molecule has 0 aliphatic rings. The van der Waals surface area contributed by atoms with Crippen LogP contribution in [0, 0.1) is 6.92 Å². The van der Waals surface area contributed by atoms with Crippen molar-refractivity contribution in [2.45, 2.75) is 25.0 Å². The van der Waals surface area contributed by atoms with Crippen molar-refractivity contribution in [3.05, 3.63) is 77.1 Å². The number of hydrogen-bond acceptors (Lipinski definition) is 5. The van der Waals surface area contributed by atoms with Crippen LogP contribution < -0.4 is 0 Å². The SMILES string of the molecule is CSc1ccc(Cn2nnc(C(=O)OCc3ccccc3)c2C)cc1. The van der Waals surface area contributed by atoms with E-state index in [1.54, 1.807) is 16.4 Å². The van der Waals surface area contributed by atoms with Crippen LogP contribution in [0.5, 0.6) is 0 Å². The second kappa shape index (κ2) is 7.98. The van der Waals surface area contributed by atoms with Gasteiger partial charge in [0.1, 0.15) is 6.61 Å². The van der Waals surface area contributed by atoms with Gasteiger partial charge in [-0.1, -0.05) is 47.7 Å². The molecule has 0 aliphatic carbocycles. The number of carbonyl (C=O) groups is 1. The fourth-order valence-corrected chi connectivity index (χ4v) is 2.80. The summed E-state index contributed by atoms with van der Waals surface area (Å²) in [5.41, 5.74) is 3.01. The van der Waals surface area contributed by atoms with Crippen LogP contribution in [-0.4, -0.2) is 27.2 Å². The number of aromatic nitrogens is 3. The van der Waals surface area contributed by atoms with Crippen LogP contribution in [0.25, 0.3) is 0 Å². The summed E-state index contributed by atoms with van der Waals surface area (Å²) in [6, 6.07) is 17.8. The Morgan fingerprint density at radius 1 is 1.08 bits per heavy atom. The Bertz CT molecular complexity index is 845. The molecule has 0 bridgehead atoms. The van der Waals surface area contributed by atoms with Gasteiger partial charge in [0.15, 0.2) is 5.69 Å². The van der Waals surface area contributed by atoms with Crippen molar-refractivity contribution in [2.24, 2.45) is 0 Å². The van der Waals surface area contributed by atoms with Gasteiger partial charge in [0.25, 0.3) is 0 Å². The van der Waals surface area contributed by atoms with Gasteiger partial charge in [-0.15, -0.1) is 16.9 Å². The number of nitrogens with zero attached hydrogens (tertiary/aromatic N) is 3. The first-order valence-electron chi connectivity index (χ1n) is 7.91. The van der Waals surface area contributed by atoms with Gasteiger partial charge in [0.05, 0.1) is 12.2 Å². The average Bonchev–Trinajstić information content (AvgIpc) is 3.02. The topological polar surface area (TPSA) is 57.0 Å². The lowest BCUT2D eigenvalue weighted by molar-refractivity contribution is 0.0464. The smallest absolute Gasteiger partial charge is 0.361 e. The van der Waals surface area contributed by atoms with E-state index in [2.05, 4.69) is 34.6 Å². The molecular formula is C19H19N3O2S. The molecule has 128 valence electrons. The summed E-state index contributed by atoms with van der Waals surface area (Å²) in [5.74, 6) is -0.453. The monoisotopic (exact) mass is 353 g/mol. The molecule has 3 aromatic rings. The van der Waals surface area contributed by atoms with Crippen LogP contribution >= 0.6 is 11.8 Å². The Balaban J connectivity index is 1.66. The second-order valence-electron chi connectivity index (χ2n) is 5.59. The van der Waals surface area contributed by atoms with Crippen molar-refractivity contribution < 1.29 is 9.53 Å². The Kier molecular flexibility index (Phi) is 5.50. The minimum Gasteiger partial charge on any atom is -0.456 e. The fraction of sp³-hybridized carbons (Fsp3) is 0.211. The maximum absolute atomic E-state index is 12.2. The first-order valence-corrected chi connectivity index (χ1v) is 9.14. The Morgan fingerprint density at radius 3 is 2.48 bits per heavy atom. The van der Waals surface area contributed by atoms with Gasteiger partial charge >= 0.3 is 5.97 Å². The normalized spacial score (nSPS) is 10.6. The number of rotatable bonds is 6. The number of carbonyl (C=O) groups excluding carboxylic acids is 1. The van der Waals surface area contributed by atoms with Gasteiger partial charge in [-0.25, -0.2) is 9.48 Å². The predicted molar refractivity (Wildman–Crippen MR) is 97.6 cm³/mol. The van der Waals surface area contributed by atoms with Crippen LogP contribution in [0.15, 0.2) is 59.5 Å². The lowest BCUT2D eigenvalue weighted by atomic mass is 10.2. The molecule has 0 radical (unpaired) electrons. The second-order valence-corrected chi connectivity index (χ2v) is 6.47. The summed E-state index contributed by atoms with van der Waals surface area (Å²) in [7, 11) is 0. The molecule has 5 nitrogen and oxygen atoms in total. The van der Waals surface area contributed by atoms with E-state index in [4.69, 9.17) is 4.74 Å². The minimum atomic E-state index is -0.453. The summed E-state index contributed by atoms with van der Waals surface area (Å²) in [6.45, 7) is 2.62. The van der Waals surface area contributed by atoms with E-state index in [0.29, 0.717) is 12.2 Å². The molecule has 2 aromatic carbocycles. The zero-order chi connectivity index (χ0) is 17.6. The fourth-order valence-electron chi connectivity index (χ4n) is 2.39. The van der Waals surface area contributed by atoms with Gasteiger partial charge in [-0.2, -0.15) is 0 Å². The first-order chi connectivity index (χ1) is 12.2. The molecule has 3 rings (SSSR count). The van der Waals surface area contributed by atoms with Crippen molar-refractivity contribution in [2.75, 3.05) is 6.26 Å². The van der Waals surface area contributed by atoms with Gasteiger partial charge in [0.2, 0.25) is 0 Å². The molecular weight excluding hydrogens is 334 g/mol. The zero-order valence-electron chi connectivity index (χ0n) is 14.2. The maximum Gasteiger partial charge on any atom is 0.361 e. The number of benzene rings is 2. The average molecular weight is 353 g/mol. The third-order valence-electron chi connectivity index (χ3n) is 3.88. The maximum atomic E-state index is 12.2. The van der Waals surface area contributed by atoms with Crippen molar-refractivity contribution in [3.8, 4) is 0 Å². The molecule has 0 spiro atoms. The lowest BCUT2D eigenvalue weighted by Crippen LogP contribution is -2.09. The van der Waals surface area contributed by atoms with E-state index in [1.807, 2.05) is 43.5 Å². The molecule has 1 aromatic heterocycles. The lowest BCUT2D eigenvalue weighted by Gasteiger charge is -2.06. The van der Waals surface area contributed by atoms with Crippen molar-refractivity contribution in [3.63, 3.8) is 0 Å². The third-order valence-corrected chi connectivity index (χ3v) is 4.62. The Morgan fingerprint density at radius 2 is 1.80 bits per heavy atom. The highest BCUT2D eigenvalue weighted by Crippen LogP contribution is 2.16. The molecule has 6 heteroatoms. The summed E-state index contributed by atoms with van der Waals surface area (Å²) in [6.07, 6.45) is 2.05. The van der Waals surface area contributed by atoms with E-state index in [-0.39, 0.29) is 12.3 Å². The molecule has 0 amide bonds. The van der Waals surface area contributed by atoms with Crippen molar-refractivity contribution in [1.29, 1.82) is 0 Å². The van der Waals surface area contributed by atoms with Crippen LogP contribution in [0.2, 0.25) is 0 Å². The van der Waals surface area contributed by atoms with E-state index < -0.39 is 5.97 Å². The zero-order valence-corrected chi connectivity index (χ0v) is 15.0. The molecule has 25 heavy (non-hydrogen) atoms. The van der Waals surface area contributed by atoms with Gasteiger partial charge < -0.3 is 4.74 Å². The van der Waals surface area contributed by atoms with Crippen LogP contribution in [-0.2, 0) is 17.9 Å². The Labute approximate surface area is 151 Å². The number of esters is 1. The molecule has 0 fully saturated rings. The predicted octanol–water partition coefficient (Wildman–Crippen LogP) is 3.71. The molecule has 0 unspecified atom stereocenters. The molecule has 1 heterocycles. The van der Waals surface area contributed by atoms with Crippen LogP contribution in [0.4, 0.5) is 0 Å². The highest BCUT2D eigenvalue weighted by molar-refractivity contribution is 7.98. The van der Waals surface area contributed by atoms with Gasteiger partial charge in [-0.05, 0) is 36.4 Å². The Hall–Kier alpha value is -2.60. The minimum absolute atomic E-state index is 0.224. The van der Waals surface area contributed by atoms with Crippen LogP contribution in [0.3, 0.4) is 0 Å². The number of thioether (sulfide) groups is 1. The summed E-state index contributed by atoms with van der Waals surface area (Å²) in [4.78, 5) is 13.5. The van der Waals surface area contributed by atoms with Gasteiger partial charge in [0, 0.05) is 4.90 Å². The van der Waals surface area contributed by atoms with E-state index in [9.17, 15) is 4.79 Å². The highest BCUT2D eigenvalue weighted by Gasteiger charge is 2.18. The molecule has 0 saturated heterocycles. The van der Waals surface area contributed by atoms with E-state index >= 15 is 0 Å². The largest absolute Gasteiger partial charge is 0.456 e. The highest BCUT2D eigenvalue weighted by atomic mass is 32.2. The van der Waals surface area contributed by atoms with E-state index in [1.165, 1.54) is 4.90 Å². The summed E-state index contributed by atoms with van der Waals surface area (Å²) in [5, 5.41) is 8.08. The first kappa shape index (κ1) is 17.2. The van der Waals surface area contributed by atoms with Crippen LogP contribution in [0.1, 0.15) is 27.3 Å². The van der Waals surface area contributed by atoms with Crippen molar-refractivity contribution >= 4 is 17.7 Å². The quantitative estimate of drug-likeness (QED) is 0.499. The van der Waals surface area contributed by atoms with E-state index in [0.717, 1.165) is 11.1 Å². The number of ether oxygens (including phenoxy) is 1.